The third kappa shape index (κ3) is 9.17. The monoisotopic (exact) mass is 502 g/mol. The number of nitrogens with one attached hydrogen (secondary N) is 2. The van der Waals surface area contributed by atoms with Gasteiger partial charge >= 0.3 is 6.09 Å². The minimum Gasteiger partial charge on any atom is -0.444 e. The van der Waals surface area contributed by atoms with Gasteiger partial charge in [0.2, 0.25) is 17.7 Å². The summed E-state index contributed by atoms with van der Waals surface area (Å²) in [7, 11) is 0. The van der Waals surface area contributed by atoms with Crippen molar-refractivity contribution in [2.75, 3.05) is 6.54 Å². The first kappa shape index (κ1) is 29.1. The van der Waals surface area contributed by atoms with Crippen LogP contribution in [0.15, 0.2) is 18.2 Å². The Hall–Kier alpha value is -3.10. The normalized spacial score (nSPS) is 14.9. The number of hydrogen-bond acceptors (Lipinski definition) is 5. The van der Waals surface area contributed by atoms with Crippen LogP contribution in [0.4, 0.5) is 4.79 Å². The number of nitrogens with two attached hydrogens (primary N) is 1. The van der Waals surface area contributed by atoms with Crippen LogP contribution in [0, 0.1) is 13.8 Å². The number of unbranched alkanes of at least 4 members (excludes halogenated alkanes) is 2. The van der Waals surface area contributed by atoms with E-state index in [1.165, 1.54) is 4.90 Å². The van der Waals surface area contributed by atoms with E-state index in [-0.39, 0.29) is 11.9 Å². The molecule has 2 unspecified atom stereocenters. The van der Waals surface area contributed by atoms with Crippen LogP contribution in [-0.2, 0) is 19.1 Å². The topological polar surface area (TPSA) is 131 Å². The van der Waals surface area contributed by atoms with E-state index < -0.39 is 42.0 Å². The number of carbonyl (C=O) groups is 4. The number of hydrogen-bond donors (Lipinski definition) is 3. The first-order valence-electron chi connectivity index (χ1n) is 12.8. The molecule has 1 aliphatic rings. The molecule has 0 spiro atoms. The fourth-order valence-electron chi connectivity index (χ4n) is 4.19. The van der Waals surface area contributed by atoms with Crippen LogP contribution in [0.3, 0.4) is 0 Å². The SMILES string of the molecule is CCCCCNC(=O)C(c1cc(C)cc(C)c1)N(C(=O)C(CC(N)=O)NC(=O)OC(C)(C)C)C1CC1. The van der Waals surface area contributed by atoms with E-state index in [0.29, 0.717) is 12.1 Å². The zero-order chi connectivity index (χ0) is 27.0. The Morgan fingerprint density at radius 3 is 2.19 bits per heavy atom. The highest BCUT2D eigenvalue weighted by atomic mass is 16.6. The molecule has 1 saturated carbocycles. The fourth-order valence-corrected chi connectivity index (χ4v) is 4.19. The third-order valence-corrected chi connectivity index (χ3v) is 5.75. The standard InChI is InChI=1S/C27H42N4O5/c1-7-8-9-12-29-24(33)23(19-14-17(2)13-18(3)15-19)31(20-10-11-20)25(34)21(16-22(28)32)30-26(35)36-27(4,5)6/h13-15,20-21,23H,7-12,16H2,1-6H3,(H2,28,32)(H,29,33)(H,30,35). The summed E-state index contributed by atoms with van der Waals surface area (Å²) in [6, 6.07) is 3.47. The maximum absolute atomic E-state index is 13.9. The Morgan fingerprint density at radius 1 is 1.08 bits per heavy atom. The van der Waals surface area contributed by atoms with E-state index in [1.54, 1.807) is 20.8 Å². The molecule has 0 aliphatic heterocycles. The number of alkyl carbamates (subject to hydrolysis) is 1. The maximum Gasteiger partial charge on any atom is 0.408 e. The van der Waals surface area contributed by atoms with Gasteiger partial charge in [0, 0.05) is 12.6 Å². The summed E-state index contributed by atoms with van der Waals surface area (Å²) in [5, 5.41) is 5.50. The van der Waals surface area contributed by atoms with E-state index in [2.05, 4.69) is 17.6 Å². The zero-order valence-electron chi connectivity index (χ0n) is 22.5. The molecule has 200 valence electrons. The molecule has 1 aromatic rings. The molecule has 9 heteroatoms. The first-order valence-corrected chi connectivity index (χ1v) is 12.8. The molecule has 0 saturated heterocycles. The molecule has 1 aromatic carbocycles. The van der Waals surface area contributed by atoms with Crippen molar-refractivity contribution in [3.05, 3.63) is 34.9 Å². The van der Waals surface area contributed by atoms with Gasteiger partial charge < -0.3 is 26.0 Å². The summed E-state index contributed by atoms with van der Waals surface area (Å²) in [6.07, 6.45) is 3.07. The van der Waals surface area contributed by atoms with Crippen molar-refractivity contribution in [1.82, 2.24) is 15.5 Å². The molecule has 4 N–H and O–H groups in total. The molecule has 4 amide bonds. The lowest BCUT2D eigenvalue weighted by molar-refractivity contribution is -0.144. The zero-order valence-corrected chi connectivity index (χ0v) is 22.5. The number of ether oxygens (including phenoxy) is 1. The lowest BCUT2D eigenvalue weighted by Gasteiger charge is -2.34. The lowest BCUT2D eigenvalue weighted by Crippen LogP contribution is -2.54. The molecule has 1 fully saturated rings. The van der Waals surface area contributed by atoms with Crippen LogP contribution in [0.1, 0.15) is 89.0 Å². The smallest absolute Gasteiger partial charge is 0.408 e. The minimum atomic E-state index is -1.25. The van der Waals surface area contributed by atoms with Crippen molar-refractivity contribution in [1.29, 1.82) is 0 Å². The minimum absolute atomic E-state index is 0.180. The Morgan fingerprint density at radius 2 is 1.69 bits per heavy atom. The molecule has 0 aromatic heterocycles. The highest BCUT2D eigenvalue weighted by molar-refractivity contribution is 5.95. The Kier molecular flexibility index (Phi) is 10.3. The predicted octanol–water partition coefficient (Wildman–Crippen LogP) is 3.41. The summed E-state index contributed by atoms with van der Waals surface area (Å²) in [6.45, 7) is 11.6. The van der Waals surface area contributed by atoms with Gasteiger partial charge in [-0.25, -0.2) is 4.79 Å². The van der Waals surface area contributed by atoms with E-state index in [4.69, 9.17) is 10.5 Å². The molecule has 2 atom stereocenters. The highest BCUT2D eigenvalue weighted by Crippen LogP contribution is 2.36. The van der Waals surface area contributed by atoms with Crippen LogP contribution in [0.25, 0.3) is 0 Å². The van der Waals surface area contributed by atoms with Gasteiger partial charge in [-0.2, -0.15) is 0 Å². The van der Waals surface area contributed by atoms with Gasteiger partial charge in [0.15, 0.2) is 0 Å². The summed E-state index contributed by atoms with van der Waals surface area (Å²) < 4.78 is 5.30. The van der Waals surface area contributed by atoms with Gasteiger partial charge in [-0.1, -0.05) is 49.1 Å². The van der Waals surface area contributed by atoms with Gasteiger partial charge in [-0.15, -0.1) is 0 Å². The maximum atomic E-state index is 13.9. The van der Waals surface area contributed by atoms with Gasteiger partial charge in [0.05, 0.1) is 6.42 Å². The van der Waals surface area contributed by atoms with Crippen molar-refractivity contribution in [2.24, 2.45) is 5.73 Å². The van der Waals surface area contributed by atoms with Crippen molar-refractivity contribution in [3.63, 3.8) is 0 Å². The third-order valence-electron chi connectivity index (χ3n) is 5.75. The largest absolute Gasteiger partial charge is 0.444 e. The summed E-state index contributed by atoms with van der Waals surface area (Å²) in [5.74, 6) is -1.56. The van der Waals surface area contributed by atoms with Gasteiger partial charge in [0.1, 0.15) is 17.7 Å². The molecule has 0 heterocycles. The summed E-state index contributed by atoms with van der Waals surface area (Å²) >= 11 is 0. The van der Waals surface area contributed by atoms with E-state index in [1.807, 2.05) is 32.0 Å². The first-order chi connectivity index (χ1) is 16.8. The van der Waals surface area contributed by atoms with Crippen LogP contribution in [0.2, 0.25) is 0 Å². The van der Waals surface area contributed by atoms with Crippen LogP contribution in [0.5, 0.6) is 0 Å². The second-order valence-corrected chi connectivity index (χ2v) is 10.7. The molecule has 0 bridgehead atoms. The number of carbonyl (C=O) groups excluding carboxylic acids is 4. The molecule has 36 heavy (non-hydrogen) atoms. The second-order valence-electron chi connectivity index (χ2n) is 10.7. The number of benzene rings is 1. The quantitative estimate of drug-likeness (QED) is 0.377. The summed E-state index contributed by atoms with van der Waals surface area (Å²) in [4.78, 5) is 53.3. The molecule has 2 rings (SSSR count). The van der Waals surface area contributed by atoms with Crippen molar-refractivity contribution in [3.8, 4) is 0 Å². The average molecular weight is 503 g/mol. The number of amides is 4. The molecule has 9 nitrogen and oxygen atoms in total. The Balaban J connectivity index is 2.43. The second kappa shape index (κ2) is 12.7. The van der Waals surface area contributed by atoms with Crippen molar-refractivity contribution >= 4 is 23.8 Å². The van der Waals surface area contributed by atoms with E-state index in [0.717, 1.165) is 43.2 Å². The van der Waals surface area contributed by atoms with Crippen LogP contribution in [-0.4, -0.2) is 52.9 Å². The van der Waals surface area contributed by atoms with E-state index >= 15 is 0 Å². The van der Waals surface area contributed by atoms with Gasteiger partial charge in [-0.3, -0.25) is 14.4 Å². The predicted molar refractivity (Wildman–Crippen MR) is 138 cm³/mol. The van der Waals surface area contributed by atoms with Gasteiger partial charge in [-0.05, 0) is 59.4 Å². The Labute approximate surface area is 214 Å². The van der Waals surface area contributed by atoms with Crippen molar-refractivity contribution in [2.45, 2.75) is 104 Å². The number of rotatable bonds is 12. The lowest BCUT2D eigenvalue weighted by atomic mass is 9.98. The van der Waals surface area contributed by atoms with Crippen LogP contribution < -0.4 is 16.4 Å². The highest BCUT2D eigenvalue weighted by Gasteiger charge is 2.44. The van der Waals surface area contributed by atoms with Gasteiger partial charge in [0.25, 0.3) is 0 Å². The van der Waals surface area contributed by atoms with Crippen LogP contribution >= 0.6 is 0 Å². The van der Waals surface area contributed by atoms with Crippen molar-refractivity contribution < 1.29 is 23.9 Å². The number of primary amides is 1. The molecular formula is C27H42N4O5. The number of nitrogens with zero attached hydrogens (tertiary/aromatic N) is 1. The molecule has 1 aliphatic carbocycles. The molecular weight excluding hydrogens is 460 g/mol. The molecule has 0 radical (unpaired) electrons. The average Bonchev–Trinajstić information content (AvgIpc) is 3.56. The van der Waals surface area contributed by atoms with E-state index in [9.17, 15) is 19.2 Å². The fraction of sp³-hybridized carbons (Fsp3) is 0.630. The number of aryl methyl sites for hydroxylation is 2. The Bertz CT molecular complexity index is 932. The summed E-state index contributed by atoms with van der Waals surface area (Å²) in [5.41, 5.74) is 7.27.